The largest absolute Gasteiger partial charge is 0.462 e. The van der Waals surface area contributed by atoms with Gasteiger partial charge in [0.05, 0.1) is 32.3 Å². The summed E-state index contributed by atoms with van der Waals surface area (Å²) < 4.78 is 16.3. The third-order valence-electron chi connectivity index (χ3n) is 6.88. The number of unbranched alkanes of at least 4 members (excludes halogenated alkanes) is 5. The van der Waals surface area contributed by atoms with E-state index in [9.17, 15) is 19.8 Å². The van der Waals surface area contributed by atoms with E-state index >= 15 is 0 Å². The SMILES string of the molecule is CC(=O)CC1C[C@@H](CCCCCCCC#C[C@H](O)COCCOC[C@H](O)c2ccc3ccccc3c2)OC1=O. The van der Waals surface area contributed by atoms with Crippen LogP contribution in [0.4, 0.5) is 0 Å². The van der Waals surface area contributed by atoms with Gasteiger partial charge in [0.15, 0.2) is 0 Å². The lowest BCUT2D eigenvalue weighted by Crippen LogP contribution is -2.16. The predicted molar refractivity (Wildman–Crippen MR) is 150 cm³/mol. The highest BCUT2D eigenvalue weighted by molar-refractivity contribution is 5.84. The maximum atomic E-state index is 11.8. The van der Waals surface area contributed by atoms with Crippen LogP contribution in [0.5, 0.6) is 0 Å². The van der Waals surface area contributed by atoms with E-state index in [2.05, 4.69) is 11.8 Å². The summed E-state index contributed by atoms with van der Waals surface area (Å²) in [6.45, 7) is 2.47. The molecule has 4 atom stereocenters. The molecule has 0 radical (unpaired) electrons. The Bertz CT molecular complexity index is 1100. The van der Waals surface area contributed by atoms with Crippen molar-refractivity contribution in [1.29, 1.82) is 0 Å². The molecule has 1 saturated heterocycles. The molecule has 212 valence electrons. The van der Waals surface area contributed by atoms with Gasteiger partial charge >= 0.3 is 5.97 Å². The van der Waals surface area contributed by atoms with E-state index < -0.39 is 12.2 Å². The Kier molecular flexibility index (Phi) is 13.4. The first kappa shape index (κ1) is 30.8. The Balaban J connectivity index is 1.13. The van der Waals surface area contributed by atoms with Crippen LogP contribution in [0.25, 0.3) is 10.8 Å². The van der Waals surface area contributed by atoms with Gasteiger partial charge in [0.25, 0.3) is 0 Å². The molecular formula is C32H42O7. The fraction of sp³-hybridized carbons (Fsp3) is 0.562. The van der Waals surface area contributed by atoms with Crippen LogP contribution in [-0.2, 0) is 23.8 Å². The first-order chi connectivity index (χ1) is 18.9. The molecule has 1 unspecified atom stereocenters. The summed E-state index contributed by atoms with van der Waals surface area (Å²) in [5.41, 5.74) is 0.817. The van der Waals surface area contributed by atoms with Gasteiger partial charge in [-0.25, -0.2) is 0 Å². The third kappa shape index (κ3) is 11.5. The molecule has 0 bridgehead atoms. The fourth-order valence-electron chi connectivity index (χ4n) is 4.78. The maximum absolute atomic E-state index is 11.8. The highest BCUT2D eigenvalue weighted by Crippen LogP contribution is 2.27. The lowest BCUT2D eigenvalue weighted by molar-refractivity contribution is -0.145. The highest BCUT2D eigenvalue weighted by atomic mass is 16.6. The molecule has 7 heteroatoms. The Labute approximate surface area is 231 Å². The van der Waals surface area contributed by atoms with Gasteiger partial charge in [-0.1, -0.05) is 61.6 Å². The van der Waals surface area contributed by atoms with Crippen LogP contribution in [0.15, 0.2) is 42.5 Å². The smallest absolute Gasteiger partial charge is 0.309 e. The van der Waals surface area contributed by atoms with Crippen LogP contribution in [0.3, 0.4) is 0 Å². The van der Waals surface area contributed by atoms with Crippen molar-refractivity contribution < 1.29 is 34.0 Å². The van der Waals surface area contributed by atoms with Crippen LogP contribution in [0, 0.1) is 17.8 Å². The van der Waals surface area contributed by atoms with Gasteiger partial charge in [0.1, 0.15) is 24.1 Å². The molecule has 7 nitrogen and oxygen atoms in total. The highest BCUT2D eigenvalue weighted by Gasteiger charge is 2.34. The standard InChI is InChI=1S/C32H42O7/c1-24(33)19-28-21-30(39-32(28)36)14-8-6-4-2-3-5-7-13-29(34)22-37-17-18-38-23-31(35)27-16-15-25-11-9-10-12-26(25)20-27/h9-12,15-16,20,28-31,34-35H,2-6,8,14,17-19,21-23H2,1H3/t28?,29-,30+,31-/m0/s1. The van der Waals surface area contributed by atoms with Gasteiger partial charge in [0, 0.05) is 12.8 Å². The van der Waals surface area contributed by atoms with Crippen LogP contribution in [0.1, 0.15) is 76.4 Å². The van der Waals surface area contributed by atoms with Gasteiger partial charge in [-0.3, -0.25) is 4.79 Å². The van der Waals surface area contributed by atoms with Gasteiger partial charge in [-0.15, -0.1) is 5.92 Å². The van der Waals surface area contributed by atoms with Crippen molar-refractivity contribution in [1.82, 2.24) is 0 Å². The lowest BCUT2D eigenvalue weighted by atomic mass is 9.97. The number of cyclic esters (lactones) is 1. The van der Waals surface area contributed by atoms with E-state index in [-0.39, 0.29) is 37.0 Å². The van der Waals surface area contributed by atoms with Crippen LogP contribution < -0.4 is 0 Å². The number of Topliss-reactive ketones (excluding diaryl/α,β-unsaturated/α-hetero) is 1. The Morgan fingerprint density at radius 2 is 1.72 bits per heavy atom. The molecule has 0 spiro atoms. The molecule has 1 heterocycles. The van der Waals surface area contributed by atoms with E-state index in [1.807, 2.05) is 42.5 Å². The molecule has 0 aliphatic carbocycles. The van der Waals surface area contributed by atoms with Crippen molar-refractivity contribution in [3.05, 3.63) is 48.0 Å². The molecule has 0 saturated carbocycles. The first-order valence-corrected chi connectivity index (χ1v) is 14.1. The molecule has 3 rings (SSSR count). The Morgan fingerprint density at radius 3 is 2.51 bits per heavy atom. The zero-order valence-electron chi connectivity index (χ0n) is 23.0. The van der Waals surface area contributed by atoms with Gasteiger partial charge in [-0.05, 0) is 55.0 Å². The second kappa shape index (κ2) is 17.0. The molecule has 2 aromatic carbocycles. The number of ether oxygens (including phenoxy) is 3. The summed E-state index contributed by atoms with van der Waals surface area (Å²) >= 11 is 0. The summed E-state index contributed by atoms with van der Waals surface area (Å²) in [7, 11) is 0. The normalized spacial score (nSPS) is 18.4. The van der Waals surface area contributed by atoms with Gasteiger partial charge < -0.3 is 29.2 Å². The molecular weight excluding hydrogens is 496 g/mol. The van der Waals surface area contributed by atoms with Gasteiger partial charge in [0.2, 0.25) is 0 Å². The minimum atomic E-state index is -0.825. The second-order valence-corrected chi connectivity index (χ2v) is 10.3. The minimum absolute atomic E-state index is 0.0371. The average Bonchev–Trinajstić information content (AvgIpc) is 3.27. The Hall–Kier alpha value is -2.76. The number of carbonyl (C=O) groups excluding carboxylic acids is 2. The van der Waals surface area contributed by atoms with E-state index in [0.29, 0.717) is 26.1 Å². The number of fused-ring (bicyclic) bond motifs is 1. The van der Waals surface area contributed by atoms with Crippen molar-refractivity contribution in [2.75, 3.05) is 26.4 Å². The Morgan fingerprint density at radius 1 is 1.00 bits per heavy atom. The number of rotatable bonds is 17. The fourth-order valence-corrected chi connectivity index (χ4v) is 4.78. The van der Waals surface area contributed by atoms with E-state index in [1.54, 1.807) is 0 Å². The lowest BCUT2D eigenvalue weighted by Gasteiger charge is -2.13. The molecule has 2 N–H and O–H groups in total. The molecule has 1 fully saturated rings. The predicted octanol–water partition coefficient (Wildman–Crippen LogP) is 4.91. The van der Waals surface area contributed by atoms with Crippen LogP contribution in [0.2, 0.25) is 0 Å². The molecule has 39 heavy (non-hydrogen) atoms. The molecule has 1 aliphatic rings. The number of aliphatic hydroxyl groups is 2. The second-order valence-electron chi connectivity index (χ2n) is 10.3. The third-order valence-corrected chi connectivity index (χ3v) is 6.88. The number of esters is 1. The zero-order chi connectivity index (χ0) is 27.9. The number of aliphatic hydroxyl groups excluding tert-OH is 2. The molecule has 0 aromatic heterocycles. The quantitative estimate of drug-likeness (QED) is 0.168. The number of carbonyl (C=O) groups is 2. The molecule has 0 amide bonds. The number of ketones is 1. The van der Waals surface area contributed by atoms with Crippen molar-refractivity contribution in [2.45, 2.75) is 83.0 Å². The summed E-state index contributed by atoms with van der Waals surface area (Å²) in [6, 6.07) is 13.9. The first-order valence-electron chi connectivity index (χ1n) is 14.1. The van der Waals surface area contributed by atoms with E-state index in [1.165, 1.54) is 6.92 Å². The maximum Gasteiger partial charge on any atom is 0.309 e. The van der Waals surface area contributed by atoms with Crippen molar-refractivity contribution >= 4 is 22.5 Å². The number of hydrogen-bond donors (Lipinski definition) is 2. The summed E-state index contributed by atoms with van der Waals surface area (Å²) in [5, 5.41) is 22.5. The number of benzene rings is 2. The summed E-state index contributed by atoms with van der Waals surface area (Å²) in [5.74, 6) is 5.40. The monoisotopic (exact) mass is 538 g/mol. The topological polar surface area (TPSA) is 102 Å². The van der Waals surface area contributed by atoms with Crippen molar-refractivity contribution in [2.24, 2.45) is 5.92 Å². The van der Waals surface area contributed by atoms with Crippen LogP contribution in [-0.4, -0.2) is 60.6 Å². The van der Waals surface area contributed by atoms with E-state index in [4.69, 9.17) is 14.2 Å². The van der Waals surface area contributed by atoms with Crippen molar-refractivity contribution in [3.63, 3.8) is 0 Å². The van der Waals surface area contributed by atoms with Gasteiger partial charge in [-0.2, -0.15) is 0 Å². The summed E-state index contributed by atoms with van der Waals surface area (Å²) in [4.78, 5) is 23.0. The van der Waals surface area contributed by atoms with Crippen LogP contribution >= 0.6 is 0 Å². The average molecular weight is 539 g/mol. The molecule has 2 aromatic rings. The van der Waals surface area contributed by atoms with E-state index in [0.717, 1.165) is 61.3 Å². The zero-order valence-corrected chi connectivity index (χ0v) is 23.0. The molecule has 1 aliphatic heterocycles. The number of hydrogen-bond acceptors (Lipinski definition) is 7. The summed E-state index contributed by atoms with van der Waals surface area (Å²) in [6.07, 6.45) is 6.24. The van der Waals surface area contributed by atoms with Crippen molar-refractivity contribution in [3.8, 4) is 11.8 Å². The minimum Gasteiger partial charge on any atom is -0.462 e.